The van der Waals surface area contributed by atoms with Gasteiger partial charge in [-0.1, -0.05) is 26.7 Å². The van der Waals surface area contributed by atoms with E-state index >= 15 is 0 Å². The topological polar surface area (TPSA) is 26.0 Å². The molecule has 0 aliphatic carbocycles. The number of nitrogens with two attached hydrogens (primary N) is 1. The summed E-state index contributed by atoms with van der Waals surface area (Å²) >= 11 is 0. The van der Waals surface area contributed by atoms with Gasteiger partial charge in [0.15, 0.2) is 0 Å². The molecule has 0 heterocycles. The molecular weight excluding hydrogens is 104 g/mol. The van der Waals surface area contributed by atoms with Gasteiger partial charge in [0.05, 0.1) is 0 Å². The van der Waals surface area contributed by atoms with Crippen molar-refractivity contribution in [3.63, 3.8) is 0 Å². The largest absolute Gasteiger partial charge is 1.00 e. The van der Waals surface area contributed by atoms with Crippen LogP contribution in [0.5, 0.6) is 0 Å². The molecule has 0 radical (unpaired) electrons. The van der Waals surface area contributed by atoms with Crippen molar-refractivity contribution < 1.29 is 18.9 Å². The van der Waals surface area contributed by atoms with Crippen LogP contribution < -0.4 is 24.5 Å². The van der Waals surface area contributed by atoms with Crippen LogP contribution in [0.15, 0.2) is 0 Å². The van der Waals surface area contributed by atoms with Crippen LogP contribution in [0, 0.1) is 0 Å². The van der Waals surface area contributed by atoms with Gasteiger partial charge >= 0.3 is 18.9 Å². The van der Waals surface area contributed by atoms with Crippen molar-refractivity contribution in [2.24, 2.45) is 5.64 Å². The first-order valence-electron chi connectivity index (χ1n) is 3.82. The molecule has 0 aromatic heterocycles. The molecule has 0 saturated heterocycles. The third-order valence-corrected chi connectivity index (χ3v) is 1.62. The van der Waals surface area contributed by atoms with Gasteiger partial charge in [-0.05, 0) is 0 Å². The maximum atomic E-state index is 5.78. The van der Waals surface area contributed by atoms with Crippen molar-refractivity contribution in [1.82, 2.24) is 0 Å². The summed E-state index contributed by atoms with van der Waals surface area (Å²) in [5, 5.41) is 0. The Bertz CT molecular complexity index is 46.3. The standard InChI is InChI=1S/C6H17BN.Li/c1-3-5-7(8)6-4-2;/h7H,3-6,8H2,1-2H3;/q-1;+1. The van der Waals surface area contributed by atoms with Crippen molar-refractivity contribution in [1.29, 1.82) is 0 Å². The second-order valence-corrected chi connectivity index (χ2v) is 2.64. The van der Waals surface area contributed by atoms with Crippen molar-refractivity contribution >= 4 is 6.85 Å². The summed E-state index contributed by atoms with van der Waals surface area (Å²) in [4.78, 5) is 0. The Morgan fingerprint density at radius 3 is 1.67 bits per heavy atom. The third-order valence-electron chi connectivity index (χ3n) is 1.62. The van der Waals surface area contributed by atoms with Crippen molar-refractivity contribution in [2.45, 2.75) is 39.3 Å². The predicted octanol–water partition coefficient (Wildman–Crippen LogP) is -1.51. The van der Waals surface area contributed by atoms with Crippen LogP contribution in [-0.2, 0) is 0 Å². The summed E-state index contributed by atoms with van der Waals surface area (Å²) in [6, 6.07) is 0. The summed E-state index contributed by atoms with van der Waals surface area (Å²) in [5.74, 6) is 0. The van der Waals surface area contributed by atoms with Gasteiger partial charge in [-0.2, -0.15) is 12.6 Å². The van der Waals surface area contributed by atoms with E-state index in [0.29, 0.717) is 0 Å². The SMILES string of the molecule is CCC[BH-](N)CCC.[Li+]. The van der Waals surface area contributed by atoms with Crippen LogP contribution in [0.2, 0.25) is 12.6 Å². The summed E-state index contributed by atoms with van der Waals surface area (Å²) in [5.41, 5.74) is 5.78. The maximum Gasteiger partial charge on any atom is 1.00 e. The van der Waals surface area contributed by atoms with E-state index in [4.69, 9.17) is 5.64 Å². The van der Waals surface area contributed by atoms with Gasteiger partial charge in [0.2, 0.25) is 0 Å². The fourth-order valence-corrected chi connectivity index (χ4v) is 1.09. The average Bonchev–Trinajstić information content (AvgIpc) is 1.68. The fraction of sp³-hybridized carbons (Fsp3) is 1.00. The molecule has 2 N–H and O–H groups in total. The molecule has 0 bridgehead atoms. The van der Waals surface area contributed by atoms with E-state index in [2.05, 4.69) is 13.8 Å². The van der Waals surface area contributed by atoms with Crippen molar-refractivity contribution in [2.75, 3.05) is 0 Å². The Morgan fingerprint density at radius 2 is 1.44 bits per heavy atom. The molecule has 1 nitrogen and oxygen atoms in total. The second-order valence-electron chi connectivity index (χ2n) is 2.64. The molecule has 0 saturated carbocycles. The molecule has 0 fully saturated rings. The Kier molecular flexibility index (Phi) is 11.8. The zero-order valence-corrected chi connectivity index (χ0v) is 7.11. The van der Waals surface area contributed by atoms with Gasteiger partial charge in [0.25, 0.3) is 0 Å². The quantitative estimate of drug-likeness (QED) is 0.449. The molecule has 0 aliphatic heterocycles. The first kappa shape index (κ1) is 12.3. The third kappa shape index (κ3) is 8.62. The van der Waals surface area contributed by atoms with E-state index in [1.54, 1.807) is 0 Å². The number of rotatable bonds is 4. The summed E-state index contributed by atoms with van der Waals surface area (Å²) < 4.78 is 0. The molecule has 0 amide bonds. The summed E-state index contributed by atoms with van der Waals surface area (Å²) in [6.07, 6.45) is 5.06. The molecule has 0 atom stereocenters. The normalized spacial score (nSPS) is 9.33. The molecule has 0 rings (SSSR count). The van der Waals surface area contributed by atoms with Crippen LogP contribution >= 0.6 is 0 Å². The first-order chi connectivity index (χ1) is 3.81. The summed E-state index contributed by atoms with van der Waals surface area (Å²) in [6.45, 7) is 4.16. The average molecular weight is 121 g/mol. The van der Waals surface area contributed by atoms with Crippen LogP contribution in [0.4, 0.5) is 0 Å². The van der Waals surface area contributed by atoms with Gasteiger partial charge in [0.1, 0.15) is 0 Å². The molecule has 0 spiro atoms. The van der Waals surface area contributed by atoms with Crippen LogP contribution in [0.3, 0.4) is 0 Å². The maximum absolute atomic E-state index is 5.78. The Morgan fingerprint density at radius 1 is 1.11 bits per heavy atom. The van der Waals surface area contributed by atoms with Crippen molar-refractivity contribution in [3.8, 4) is 0 Å². The molecule has 0 aromatic rings. The number of hydrogen-bond acceptors (Lipinski definition) is 1. The van der Waals surface area contributed by atoms with E-state index in [1.807, 2.05) is 0 Å². The van der Waals surface area contributed by atoms with Gasteiger partial charge in [0, 0.05) is 6.85 Å². The molecule has 9 heavy (non-hydrogen) atoms. The molecule has 0 aromatic carbocycles. The minimum Gasteiger partial charge on any atom is -0.504 e. The predicted molar refractivity (Wildman–Crippen MR) is 41.5 cm³/mol. The van der Waals surface area contributed by atoms with E-state index in [1.165, 1.54) is 25.5 Å². The molecule has 50 valence electrons. The zero-order chi connectivity index (χ0) is 6.41. The second kappa shape index (κ2) is 8.62. The Hall–Kier alpha value is 0.622. The molecule has 0 unspecified atom stereocenters. The minimum absolute atomic E-state index is 0. The minimum atomic E-state index is -0.236. The molecule has 0 aliphatic rings. The molecule has 3 heteroatoms. The van der Waals surface area contributed by atoms with Crippen LogP contribution in [0.25, 0.3) is 0 Å². The van der Waals surface area contributed by atoms with Gasteiger partial charge in [-0.15, -0.1) is 0 Å². The summed E-state index contributed by atoms with van der Waals surface area (Å²) in [7, 11) is 0. The van der Waals surface area contributed by atoms with Gasteiger partial charge < -0.3 is 5.64 Å². The van der Waals surface area contributed by atoms with E-state index < -0.39 is 0 Å². The smallest absolute Gasteiger partial charge is 0.504 e. The van der Waals surface area contributed by atoms with E-state index in [9.17, 15) is 0 Å². The fourth-order valence-electron chi connectivity index (χ4n) is 1.09. The Balaban J connectivity index is 0. The zero-order valence-electron chi connectivity index (χ0n) is 7.11. The van der Waals surface area contributed by atoms with E-state index in [0.717, 1.165) is 0 Å². The van der Waals surface area contributed by atoms with Crippen molar-refractivity contribution in [3.05, 3.63) is 0 Å². The molecular formula is C6H17BLiN. The van der Waals surface area contributed by atoms with Crippen LogP contribution in [0.1, 0.15) is 26.7 Å². The number of hydrogen-bond donors (Lipinski definition) is 1. The van der Waals surface area contributed by atoms with Crippen LogP contribution in [-0.4, -0.2) is 6.85 Å². The Labute approximate surface area is 71.0 Å². The van der Waals surface area contributed by atoms with E-state index in [-0.39, 0.29) is 25.7 Å². The van der Waals surface area contributed by atoms with Gasteiger partial charge in [-0.3, -0.25) is 0 Å². The monoisotopic (exact) mass is 121 g/mol. The first-order valence-corrected chi connectivity index (χ1v) is 3.82. The van der Waals surface area contributed by atoms with Gasteiger partial charge in [-0.25, -0.2) is 0 Å².